The van der Waals surface area contributed by atoms with Crippen LogP contribution in [0.1, 0.15) is 15.9 Å². The summed E-state index contributed by atoms with van der Waals surface area (Å²) in [4.78, 5) is 23.5. The average Bonchev–Trinajstić information content (AvgIpc) is 2.68. The van der Waals surface area contributed by atoms with Gasteiger partial charge in [0.1, 0.15) is 0 Å². The zero-order valence-electron chi connectivity index (χ0n) is 15.2. The van der Waals surface area contributed by atoms with Crippen LogP contribution in [-0.2, 0) is 16.0 Å². The summed E-state index contributed by atoms with van der Waals surface area (Å²) in [7, 11) is 1.31. The first-order valence-electron chi connectivity index (χ1n) is 8.30. The van der Waals surface area contributed by atoms with Crippen molar-refractivity contribution in [3.63, 3.8) is 0 Å². The van der Waals surface area contributed by atoms with E-state index in [4.69, 9.17) is 9.47 Å². The van der Waals surface area contributed by atoms with Crippen LogP contribution >= 0.6 is 0 Å². The summed E-state index contributed by atoms with van der Waals surface area (Å²) in [6, 6.07) is 6.84. The second-order valence-corrected chi connectivity index (χ2v) is 5.67. The Hall–Kier alpha value is -3.30. The maximum Gasteiger partial charge on any atom is 0.387 e. The molecule has 0 radical (unpaired) electrons. The number of carbonyl (C=O) groups excluding carboxylic acids is 2. The highest BCUT2D eigenvalue weighted by Crippen LogP contribution is 2.29. The van der Waals surface area contributed by atoms with Crippen molar-refractivity contribution in [2.45, 2.75) is 13.0 Å². The van der Waals surface area contributed by atoms with E-state index in [0.29, 0.717) is 18.1 Å². The summed E-state index contributed by atoms with van der Waals surface area (Å²) < 4.78 is 64.6. The largest absolute Gasteiger partial charge is 0.493 e. The van der Waals surface area contributed by atoms with E-state index in [1.807, 2.05) is 0 Å². The standard InChI is InChI=1S/C19H17F4NO5/c1-27-16-8-11(2-5-15(16)29-19(22)23)6-7-24-17(25)10-28-18(26)12-3-4-13(20)14(21)9-12/h2-5,8-9,19H,6-7,10H2,1H3,(H,24,25). The van der Waals surface area contributed by atoms with Crippen molar-refractivity contribution in [3.8, 4) is 11.5 Å². The molecule has 0 aliphatic heterocycles. The van der Waals surface area contributed by atoms with Crippen LogP contribution in [0.15, 0.2) is 36.4 Å². The van der Waals surface area contributed by atoms with Crippen LogP contribution in [0, 0.1) is 11.6 Å². The molecule has 0 bridgehead atoms. The van der Waals surface area contributed by atoms with Crippen molar-refractivity contribution in [1.29, 1.82) is 0 Å². The van der Waals surface area contributed by atoms with E-state index in [1.165, 1.54) is 25.3 Å². The zero-order chi connectivity index (χ0) is 21.4. The van der Waals surface area contributed by atoms with E-state index in [0.717, 1.165) is 12.1 Å². The third kappa shape index (κ3) is 6.66. The van der Waals surface area contributed by atoms with Crippen LogP contribution < -0.4 is 14.8 Å². The molecule has 0 fully saturated rings. The molecule has 2 aromatic rings. The predicted octanol–water partition coefficient (Wildman–Crippen LogP) is 3.09. The highest BCUT2D eigenvalue weighted by Gasteiger charge is 2.14. The maximum absolute atomic E-state index is 13.1. The summed E-state index contributed by atoms with van der Waals surface area (Å²) in [5.74, 6) is -3.88. The topological polar surface area (TPSA) is 73.9 Å². The van der Waals surface area contributed by atoms with E-state index >= 15 is 0 Å². The number of methoxy groups -OCH3 is 1. The number of hydrogen-bond donors (Lipinski definition) is 1. The molecule has 0 atom stereocenters. The van der Waals surface area contributed by atoms with E-state index in [-0.39, 0.29) is 23.6 Å². The molecule has 156 valence electrons. The summed E-state index contributed by atoms with van der Waals surface area (Å²) in [5.41, 5.74) is 0.456. The van der Waals surface area contributed by atoms with E-state index in [9.17, 15) is 27.2 Å². The van der Waals surface area contributed by atoms with Gasteiger partial charge in [-0.2, -0.15) is 8.78 Å². The molecule has 1 amide bonds. The lowest BCUT2D eigenvalue weighted by Gasteiger charge is -2.12. The number of benzene rings is 2. The number of amides is 1. The van der Waals surface area contributed by atoms with Crippen molar-refractivity contribution in [3.05, 3.63) is 59.2 Å². The molecule has 0 aliphatic carbocycles. The molecule has 0 saturated carbocycles. The number of carbonyl (C=O) groups is 2. The Bertz CT molecular complexity index is 876. The quantitative estimate of drug-likeness (QED) is 0.503. The summed E-state index contributed by atoms with van der Waals surface area (Å²) in [6.07, 6.45) is 0.341. The summed E-state index contributed by atoms with van der Waals surface area (Å²) >= 11 is 0. The maximum atomic E-state index is 13.1. The van der Waals surface area contributed by atoms with Crippen molar-refractivity contribution >= 4 is 11.9 Å². The highest BCUT2D eigenvalue weighted by molar-refractivity contribution is 5.91. The van der Waals surface area contributed by atoms with Gasteiger partial charge < -0.3 is 19.5 Å². The molecule has 1 N–H and O–H groups in total. The molecular weight excluding hydrogens is 398 g/mol. The predicted molar refractivity (Wildman–Crippen MR) is 93.0 cm³/mol. The number of esters is 1. The second-order valence-electron chi connectivity index (χ2n) is 5.67. The third-order valence-electron chi connectivity index (χ3n) is 3.67. The molecule has 6 nitrogen and oxygen atoms in total. The minimum absolute atomic E-state index is 0.112. The smallest absolute Gasteiger partial charge is 0.387 e. The summed E-state index contributed by atoms with van der Waals surface area (Å²) in [5, 5.41) is 2.50. The lowest BCUT2D eigenvalue weighted by atomic mass is 10.1. The van der Waals surface area contributed by atoms with Gasteiger partial charge in [-0.1, -0.05) is 6.07 Å². The Morgan fingerprint density at radius 3 is 2.45 bits per heavy atom. The summed E-state index contributed by atoms with van der Waals surface area (Å²) in [6.45, 7) is -3.43. The van der Waals surface area contributed by atoms with Crippen LogP contribution in [0.4, 0.5) is 17.6 Å². The van der Waals surface area contributed by atoms with Gasteiger partial charge in [0, 0.05) is 6.54 Å². The van der Waals surface area contributed by atoms with Crippen LogP contribution in [0.5, 0.6) is 11.5 Å². The van der Waals surface area contributed by atoms with E-state index in [2.05, 4.69) is 10.1 Å². The number of ether oxygens (including phenoxy) is 3. The van der Waals surface area contributed by atoms with Gasteiger partial charge in [-0.25, -0.2) is 13.6 Å². The number of rotatable bonds is 9. The van der Waals surface area contributed by atoms with Crippen LogP contribution in [-0.4, -0.2) is 38.7 Å². The highest BCUT2D eigenvalue weighted by atomic mass is 19.3. The van der Waals surface area contributed by atoms with Gasteiger partial charge in [-0.15, -0.1) is 0 Å². The normalized spacial score (nSPS) is 10.6. The fourth-order valence-corrected chi connectivity index (χ4v) is 2.30. The van der Waals surface area contributed by atoms with Gasteiger partial charge in [0.15, 0.2) is 29.7 Å². The lowest BCUT2D eigenvalue weighted by Crippen LogP contribution is -2.30. The SMILES string of the molecule is COc1cc(CCNC(=O)COC(=O)c2ccc(F)c(F)c2)ccc1OC(F)F. The number of alkyl halides is 2. The van der Waals surface area contributed by atoms with Crippen molar-refractivity contribution in [2.75, 3.05) is 20.3 Å². The molecule has 29 heavy (non-hydrogen) atoms. The van der Waals surface area contributed by atoms with Crippen LogP contribution in [0.2, 0.25) is 0 Å². The Morgan fingerprint density at radius 2 is 1.79 bits per heavy atom. The fourth-order valence-electron chi connectivity index (χ4n) is 2.30. The van der Waals surface area contributed by atoms with Crippen LogP contribution in [0.3, 0.4) is 0 Å². The van der Waals surface area contributed by atoms with E-state index in [1.54, 1.807) is 0 Å². The molecule has 0 spiro atoms. The van der Waals surface area contributed by atoms with Gasteiger partial charge in [0.2, 0.25) is 0 Å². The monoisotopic (exact) mass is 415 g/mol. The number of halogens is 4. The average molecular weight is 415 g/mol. The molecule has 2 aromatic carbocycles. The van der Waals surface area contributed by atoms with Crippen molar-refractivity contribution in [2.24, 2.45) is 0 Å². The van der Waals surface area contributed by atoms with Crippen molar-refractivity contribution in [1.82, 2.24) is 5.32 Å². The molecule has 2 rings (SSSR count). The van der Waals surface area contributed by atoms with Gasteiger partial charge in [-0.3, -0.25) is 4.79 Å². The molecule has 0 unspecified atom stereocenters. The minimum atomic E-state index is -2.98. The molecule has 10 heteroatoms. The van der Waals surface area contributed by atoms with Gasteiger partial charge in [0.25, 0.3) is 5.91 Å². The third-order valence-corrected chi connectivity index (χ3v) is 3.67. The molecule has 0 saturated heterocycles. The zero-order valence-corrected chi connectivity index (χ0v) is 15.2. The first kappa shape index (κ1) is 22.0. The Morgan fingerprint density at radius 1 is 1.03 bits per heavy atom. The van der Waals surface area contributed by atoms with Gasteiger partial charge in [0.05, 0.1) is 12.7 Å². The number of hydrogen-bond acceptors (Lipinski definition) is 5. The fraction of sp³-hybridized carbons (Fsp3) is 0.263. The van der Waals surface area contributed by atoms with Gasteiger partial charge in [-0.05, 0) is 42.3 Å². The Labute approximate surface area is 163 Å². The minimum Gasteiger partial charge on any atom is -0.493 e. The molecule has 0 aromatic heterocycles. The lowest BCUT2D eigenvalue weighted by molar-refractivity contribution is -0.124. The Kier molecular flexibility index (Phi) is 7.81. The molecular formula is C19H17F4NO5. The van der Waals surface area contributed by atoms with Crippen LogP contribution in [0.25, 0.3) is 0 Å². The molecule has 0 aliphatic rings. The first-order valence-corrected chi connectivity index (χ1v) is 8.30. The van der Waals surface area contributed by atoms with E-state index < -0.39 is 36.7 Å². The number of nitrogens with one attached hydrogen (secondary N) is 1. The van der Waals surface area contributed by atoms with Gasteiger partial charge >= 0.3 is 12.6 Å². The molecule has 0 heterocycles. The van der Waals surface area contributed by atoms with Crippen molar-refractivity contribution < 1.29 is 41.4 Å². The first-order chi connectivity index (χ1) is 13.8. The second kappa shape index (κ2) is 10.3. The Balaban J connectivity index is 1.79.